The van der Waals surface area contributed by atoms with E-state index in [0.29, 0.717) is 18.1 Å². The van der Waals surface area contributed by atoms with Crippen molar-refractivity contribution in [2.75, 3.05) is 11.9 Å². The van der Waals surface area contributed by atoms with Gasteiger partial charge in [0.2, 0.25) is 5.28 Å². The molecule has 5 nitrogen and oxygen atoms in total. The van der Waals surface area contributed by atoms with Crippen LogP contribution in [0.25, 0.3) is 0 Å². The van der Waals surface area contributed by atoms with E-state index in [1.165, 1.54) is 6.20 Å². The summed E-state index contributed by atoms with van der Waals surface area (Å²) in [5, 5.41) is 13.0. The molecule has 2 N–H and O–H groups in total. The van der Waals surface area contributed by atoms with Crippen LogP contribution in [0, 0.1) is 0 Å². The Labute approximate surface area is 92.5 Å². The lowest BCUT2D eigenvalue weighted by Gasteiger charge is -2.33. The van der Waals surface area contributed by atoms with Gasteiger partial charge in [-0.2, -0.15) is 4.98 Å². The summed E-state index contributed by atoms with van der Waals surface area (Å²) in [6.07, 6.45) is 1.17. The topological polar surface area (TPSA) is 67.3 Å². The summed E-state index contributed by atoms with van der Waals surface area (Å²) in [6.45, 7) is 3.88. The molecule has 0 spiro atoms. The lowest BCUT2D eigenvalue weighted by atomic mass is 10.0. The van der Waals surface area contributed by atoms with Crippen LogP contribution in [-0.4, -0.2) is 33.3 Å². The number of hydrogen-bond acceptors (Lipinski definition) is 5. The van der Waals surface area contributed by atoms with Crippen LogP contribution in [0.4, 0.5) is 5.82 Å². The molecule has 0 saturated heterocycles. The molecular weight excluding hydrogens is 218 g/mol. The van der Waals surface area contributed by atoms with Crippen molar-refractivity contribution in [3.05, 3.63) is 11.5 Å². The minimum Gasteiger partial charge on any atom is -0.480 e. The molecule has 1 aromatic rings. The van der Waals surface area contributed by atoms with Crippen molar-refractivity contribution in [3.63, 3.8) is 0 Å². The molecule has 0 radical (unpaired) electrons. The van der Waals surface area contributed by atoms with Crippen LogP contribution >= 0.6 is 11.6 Å². The molecule has 0 saturated carbocycles. The summed E-state index contributed by atoms with van der Waals surface area (Å²) in [5.41, 5.74) is -0.912. The van der Waals surface area contributed by atoms with Gasteiger partial charge in [-0.25, -0.2) is 4.98 Å². The SMILES string of the molecule is CC(C)(O)C1CNc2nc(Cl)ncc2O1. The molecule has 82 valence electrons. The Kier molecular flexibility index (Phi) is 2.44. The maximum Gasteiger partial charge on any atom is 0.224 e. The predicted molar refractivity (Wildman–Crippen MR) is 56.2 cm³/mol. The van der Waals surface area contributed by atoms with Crippen LogP contribution in [0.5, 0.6) is 5.75 Å². The average molecular weight is 230 g/mol. The minimum absolute atomic E-state index is 0.173. The maximum absolute atomic E-state index is 9.79. The van der Waals surface area contributed by atoms with Crippen LogP contribution < -0.4 is 10.1 Å². The van der Waals surface area contributed by atoms with E-state index in [1.54, 1.807) is 13.8 Å². The number of anilines is 1. The zero-order valence-electron chi connectivity index (χ0n) is 8.49. The standard InChI is InChI=1S/C9H12ClN3O2/c1-9(2,14)6-4-11-7-5(15-6)3-12-8(10)13-7/h3,6,14H,4H2,1-2H3,(H,11,12,13). The van der Waals surface area contributed by atoms with Gasteiger partial charge < -0.3 is 15.2 Å². The van der Waals surface area contributed by atoms with Gasteiger partial charge >= 0.3 is 0 Å². The number of halogens is 1. The second-order valence-corrected chi connectivity index (χ2v) is 4.33. The minimum atomic E-state index is -0.912. The molecule has 1 aliphatic heterocycles. The second-order valence-electron chi connectivity index (χ2n) is 3.99. The van der Waals surface area contributed by atoms with Crippen molar-refractivity contribution in [2.45, 2.75) is 25.6 Å². The molecule has 0 aliphatic carbocycles. The van der Waals surface area contributed by atoms with Gasteiger partial charge in [0, 0.05) is 0 Å². The third kappa shape index (κ3) is 2.13. The van der Waals surface area contributed by atoms with Gasteiger partial charge in [-0.1, -0.05) is 0 Å². The van der Waals surface area contributed by atoms with Crippen LogP contribution in [-0.2, 0) is 0 Å². The van der Waals surface area contributed by atoms with Crippen molar-refractivity contribution < 1.29 is 9.84 Å². The average Bonchev–Trinajstić information content (AvgIpc) is 2.15. The normalized spacial score (nSPS) is 20.1. The number of hydrogen-bond donors (Lipinski definition) is 2. The molecule has 1 unspecified atom stereocenters. The van der Waals surface area contributed by atoms with Gasteiger partial charge in [-0.15, -0.1) is 0 Å². The van der Waals surface area contributed by atoms with Gasteiger partial charge in [0.15, 0.2) is 11.6 Å². The molecule has 0 bridgehead atoms. The van der Waals surface area contributed by atoms with E-state index in [-0.39, 0.29) is 11.4 Å². The van der Waals surface area contributed by atoms with Crippen molar-refractivity contribution >= 4 is 17.4 Å². The number of nitrogens with one attached hydrogen (secondary N) is 1. The Balaban J connectivity index is 2.24. The third-order valence-corrected chi connectivity index (χ3v) is 2.42. The number of rotatable bonds is 1. The molecule has 1 aromatic heterocycles. The van der Waals surface area contributed by atoms with E-state index in [9.17, 15) is 5.11 Å². The highest BCUT2D eigenvalue weighted by Gasteiger charge is 2.32. The second kappa shape index (κ2) is 3.50. The first kappa shape index (κ1) is 10.4. The zero-order valence-corrected chi connectivity index (χ0v) is 9.25. The Morgan fingerprint density at radius 2 is 2.40 bits per heavy atom. The Bertz CT molecular complexity index is 378. The summed E-state index contributed by atoms with van der Waals surface area (Å²) >= 11 is 5.64. The number of aromatic nitrogens is 2. The lowest BCUT2D eigenvalue weighted by molar-refractivity contribution is -0.0298. The molecule has 1 atom stereocenters. The molecule has 6 heteroatoms. The van der Waals surface area contributed by atoms with Crippen molar-refractivity contribution in [2.24, 2.45) is 0 Å². The van der Waals surface area contributed by atoms with E-state index >= 15 is 0 Å². The van der Waals surface area contributed by atoms with Crippen LogP contribution in [0.1, 0.15) is 13.8 Å². The van der Waals surface area contributed by atoms with Crippen molar-refractivity contribution in [3.8, 4) is 5.75 Å². The van der Waals surface area contributed by atoms with Gasteiger partial charge in [0.05, 0.1) is 18.3 Å². The van der Waals surface area contributed by atoms with E-state index in [4.69, 9.17) is 16.3 Å². The fourth-order valence-corrected chi connectivity index (χ4v) is 1.47. The Morgan fingerprint density at radius 1 is 1.67 bits per heavy atom. The maximum atomic E-state index is 9.79. The molecule has 0 amide bonds. The highest BCUT2D eigenvalue weighted by atomic mass is 35.5. The van der Waals surface area contributed by atoms with Crippen molar-refractivity contribution in [1.82, 2.24) is 9.97 Å². The summed E-state index contributed by atoms with van der Waals surface area (Å²) in [5.74, 6) is 1.08. The molecular formula is C9H12ClN3O2. The molecule has 2 heterocycles. The number of fused-ring (bicyclic) bond motifs is 1. The lowest BCUT2D eigenvalue weighted by Crippen LogP contribution is -2.47. The third-order valence-electron chi connectivity index (χ3n) is 2.24. The summed E-state index contributed by atoms with van der Waals surface area (Å²) in [4.78, 5) is 7.78. The Morgan fingerprint density at radius 3 is 3.07 bits per heavy atom. The van der Waals surface area contributed by atoms with Gasteiger partial charge in [0.1, 0.15) is 6.10 Å². The largest absolute Gasteiger partial charge is 0.480 e. The van der Waals surface area contributed by atoms with E-state index in [0.717, 1.165) is 0 Å². The quantitative estimate of drug-likeness (QED) is 0.706. The number of nitrogens with zero attached hydrogens (tertiary/aromatic N) is 2. The summed E-state index contributed by atoms with van der Waals surface area (Å²) < 4.78 is 5.56. The molecule has 2 rings (SSSR count). The first-order valence-electron chi connectivity index (χ1n) is 4.62. The van der Waals surface area contributed by atoms with Gasteiger partial charge in [0.25, 0.3) is 0 Å². The van der Waals surface area contributed by atoms with Crippen molar-refractivity contribution in [1.29, 1.82) is 0 Å². The summed E-state index contributed by atoms with van der Waals surface area (Å²) in [7, 11) is 0. The van der Waals surface area contributed by atoms with Gasteiger partial charge in [-0.3, -0.25) is 0 Å². The molecule has 15 heavy (non-hydrogen) atoms. The fraction of sp³-hybridized carbons (Fsp3) is 0.556. The fourth-order valence-electron chi connectivity index (χ4n) is 1.34. The van der Waals surface area contributed by atoms with Gasteiger partial charge in [-0.05, 0) is 25.4 Å². The van der Waals surface area contributed by atoms with E-state index in [1.807, 2.05) is 0 Å². The van der Waals surface area contributed by atoms with E-state index in [2.05, 4.69) is 15.3 Å². The highest BCUT2D eigenvalue weighted by Crippen LogP contribution is 2.29. The highest BCUT2D eigenvalue weighted by molar-refractivity contribution is 6.28. The van der Waals surface area contributed by atoms with Crippen LogP contribution in [0.15, 0.2) is 6.20 Å². The number of ether oxygens (including phenoxy) is 1. The first-order valence-corrected chi connectivity index (χ1v) is 5.00. The predicted octanol–water partition coefficient (Wildman–Crippen LogP) is 1.07. The smallest absolute Gasteiger partial charge is 0.224 e. The molecule has 0 aromatic carbocycles. The molecule has 1 aliphatic rings. The van der Waals surface area contributed by atoms with Crippen LogP contribution in [0.3, 0.4) is 0 Å². The summed E-state index contributed by atoms with van der Waals surface area (Å²) in [6, 6.07) is 0. The monoisotopic (exact) mass is 229 g/mol. The Hall–Kier alpha value is -1.07. The van der Waals surface area contributed by atoms with E-state index < -0.39 is 5.60 Å². The number of aliphatic hydroxyl groups is 1. The molecule has 0 fully saturated rings. The van der Waals surface area contributed by atoms with Crippen LogP contribution in [0.2, 0.25) is 5.28 Å². The first-order chi connectivity index (χ1) is 6.97. The zero-order chi connectivity index (χ0) is 11.1.